The molecule has 0 fully saturated rings. The summed E-state index contributed by atoms with van der Waals surface area (Å²) >= 11 is 0. The molecule has 0 spiro atoms. The van der Waals surface area contributed by atoms with Gasteiger partial charge in [-0.2, -0.15) is 0 Å². The highest BCUT2D eigenvalue weighted by atomic mass is 16.3. The first-order valence-corrected chi connectivity index (χ1v) is 17.6. The fourth-order valence-corrected chi connectivity index (χ4v) is 8.66. The van der Waals surface area contributed by atoms with Crippen LogP contribution in [0, 0.1) is 0 Å². The van der Waals surface area contributed by atoms with E-state index < -0.39 is 0 Å². The Bertz CT molecular complexity index is 3340. The lowest BCUT2D eigenvalue weighted by Crippen LogP contribution is -2.50. The van der Waals surface area contributed by atoms with Crippen LogP contribution in [0.4, 0.5) is 0 Å². The van der Waals surface area contributed by atoms with E-state index in [-0.39, 0.29) is 147 Å². The van der Waals surface area contributed by atoms with E-state index in [0.29, 0.717) is 21.9 Å². The van der Waals surface area contributed by atoms with Crippen molar-refractivity contribution in [1.82, 2.24) is 0 Å². The van der Waals surface area contributed by atoms with Crippen molar-refractivity contribution in [2.75, 3.05) is 0 Å². The maximum absolute atomic E-state index is 7.29. The van der Waals surface area contributed by atoms with E-state index in [4.69, 9.17) is 138 Å². The van der Waals surface area contributed by atoms with Crippen LogP contribution in [-0.4, -0.2) is 133 Å². The minimum absolute atomic E-state index is 0.00288. The highest BCUT2D eigenvalue weighted by molar-refractivity contribution is 6.74. The predicted molar refractivity (Wildman–Crippen MR) is 266 cm³/mol. The lowest BCUT2D eigenvalue weighted by molar-refractivity contribution is 0.675. The summed E-state index contributed by atoms with van der Waals surface area (Å²) in [6, 6.07) is 13.5. The Morgan fingerprint density at radius 1 is 0.259 bits per heavy atom. The molecule has 0 saturated carbocycles. The maximum atomic E-state index is 7.29. The summed E-state index contributed by atoms with van der Waals surface area (Å²) in [5, 5.41) is 3.85. The van der Waals surface area contributed by atoms with Crippen molar-refractivity contribution in [3.63, 3.8) is 0 Å². The van der Waals surface area contributed by atoms with Gasteiger partial charge in [-0.3, -0.25) is 0 Å². The molecule has 0 aliphatic heterocycles. The Balaban J connectivity index is 1.61. The monoisotopic (exact) mass is 690 g/mol. The quantitative estimate of drug-likeness (QED) is 0.130. The van der Waals surface area contributed by atoms with Gasteiger partial charge in [-0.25, -0.2) is 0 Å². The molecular formula is C40H7B17O. The molecular weight excluding hydrogens is 680 g/mol. The van der Waals surface area contributed by atoms with Gasteiger partial charge in [0.2, 0.25) is 0 Å². The van der Waals surface area contributed by atoms with Gasteiger partial charge in [-0.1, -0.05) is 97.1 Å². The minimum atomic E-state index is -0.0551. The molecule has 0 aliphatic rings. The Kier molecular flexibility index (Phi) is 9.02. The summed E-state index contributed by atoms with van der Waals surface area (Å²) in [5.74, 6) is 0. The molecule has 18 heteroatoms. The summed E-state index contributed by atoms with van der Waals surface area (Å²) in [6.07, 6.45) is 0. The molecule has 9 aromatic rings. The van der Waals surface area contributed by atoms with Gasteiger partial charge in [0.15, 0.2) is 0 Å². The zero-order chi connectivity index (χ0) is 41.7. The van der Waals surface area contributed by atoms with E-state index in [1.54, 1.807) is 0 Å². The van der Waals surface area contributed by atoms with Crippen LogP contribution in [0.3, 0.4) is 0 Å². The fraction of sp³-hybridized carbons (Fsp3) is 0. The Labute approximate surface area is 358 Å². The first-order chi connectivity index (χ1) is 27.4. The van der Waals surface area contributed by atoms with Gasteiger partial charge in [-0.15, -0.1) is 32.8 Å². The third-order valence-electron chi connectivity index (χ3n) is 11.6. The highest BCUT2D eigenvalue weighted by Crippen LogP contribution is 2.42. The topological polar surface area (TPSA) is 13.1 Å². The SMILES string of the molecule is [B]c1c(-c2c3c([B])c([B])c([B])c([B])c3c(-c3cccc4ccccc34)c3c([B])c([B])c([B])c([B])c23)c([B])c2c(oc3c([B])c4c([B])c([B])c([B])c([B])c4c([B])c32)c1[B]. The van der Waals surface area contributed by atoms with E-state index in [2.05, 4.69) is 0 Å². The summed E-state index contributed by atoms with van der Waals surface area (Å²) < 4.78 is 6.35. The second-order valence-electron chi connectivity index (χ2n) is 14.4. The molecule has 0 bridgehead atoms. The molecule has 0 saturated heterocycles. The van der Waals surface area contributed by atoms with Crippen LogP contribution < -0.4 is 92.9 Å². The summed E-state index contributed by atoms with van der Waals surface area (Å²) in [4.78, 5) is 0. The van der Waals surface area contributed by atoms with Crippen molar-refractivity contribution in [2.24, 2.45) is 0 Å². The minimum Gasteiger partial charge on any atom is -0.457 e. The number of furan rings is 1. The molecule has 0 unspecified atom stereocenters. The van der Waals surface area contributed by atoms with Crippen LogP contribution in [-0.2, 0) is 0 Å². The molecule has 8 aromatic carbocycles. The number of hydrogen-bond acceptors (Lipinski definition) is 1. The summed E-state index contributed by atoms with van der Waals surface area (Å²) in [5.41, 5.74) is 2.00. The van der Waals surface area contributed by atoms with E-state index in [9.17, 15) is 0 Å². The second-order valence-corrected chi connectivity index (χ2v) is 14.4. The van der Waals surface area contributed by atoms with Crippen LogP contribution >= 0.6 is 0 Å². The highest BCUT2D eigenvalue weighted by Gasteiger charge is 2.29. The Morgan fingerprint density at radius 2 is 0.655 bits per heavy atom. The van der Waals surface area contributed by atoms with Crippen molar-refractivity contribution < 1.29 is 4.42 Å². The lowest BCUT2D eigenvalue weighted by atomic mass is 9.58. The molecule has 0 amide bonds. The molecule has 9 rings (SSSR count). The van der Waals surface area contributed by atoms with Gasteiger partial charge in [-0.05, 0) is 70.8 Å². The standard InChI is InChI=1S/C40H7B17O/c41-22-17(30(49)38(57)40-21(22)20-23(42)18-19(31(50)39(20)58-40)29(48)37(56)36(55)28(18)47)12-15-13(24(43)32(51)34(53)26(15)45)11(10-7-3-5-8-4-1-2-6-9(8)10)14-16(12)27(46)35(54)33(52)25(14)44/h1-7H. The molecule has 1 heterocycles. The Morgan fingerprint density at radius 3 is 1.17 bits per heavy atom. The van der Waals surface area contributed by atoms with Gasteiger partial charge in [0.05, 0.1) is 0 Å². The third-order valence-corrected chi connectivity index (χ3v) is 11.6. The molecule has 0 N–H and O–H groups in total. The van der Waals surface area contributed by atoms with Gasteiger partial charge >= 0.3 is 0 Å². The molecule has 0 aliphatic carbocycles. The van der Waals surface area contributed by atoms with Crippen molar-refractivity contribution in [2.45, 2.75) is 0 Å². The molecule has 1 nitrogen and oxygen atoms in total. The van der Waals surface area contributed by atoms with E-state index in [0.717, 1.165) is 10.8 Å². The average Bonchev–Trinajstić information content (AvgIpc) is 3.63. The normalized spacial score (nSPS) is 11.9. The second kappa shape index (κ2) is 13.4. The van der Waals surface area contributed by atoms with Crippen molar-refractivity contribution in [3.05, 3.63) is 42.5 Å². The largest absolute Gasteiger partial charge is 0.457 e. The molecule has 224 valence electrons. The predicted octanol–water partition coefficient (Wildman–Crippen LogP) is -8.97. The zero-order valence-corrected chi connectivity index (χ0v) is 30.8. The van der Waals surface area contributed by atoms with Crippen LogP contribution in [0.1, 0.15) is 0 Å². The van der Waals surface area contributed by atoms with Crippen molar-refractivity contribution in [3.8, 4) is 22.3 Å². The lowest BCUT2D eigenvalue weighted by Gasteiger charge is -2.30. The van der Waals surface area contributed by atoms with E-state index >= 15 is 0 Å². The summed E-state index contributed by atoms with van der Waals surface area (Å²) in [7, 11) is 115. The molecule has 34 radical (unpaired) electrons. The van der Waals surface area contributed by atoms with E-state index in [1.165, 1.54) is 0 Å². The van der Waals surface area contributed by atoms with Gasteiger partial charge < -0.3 is 4.42 Å². The van der Waals surface area contributed by atoms with E-state index in [1.807, 2.05) is 42.5 Å². The number of hydrogen-bond donors (Lipinski definition) is 0. The van der Waals surface area contributed by atoms with Crippen LogP contribution in [0.15, 0.2) is 46.9 Å². The fourth-order valence-electron chi connectivity index (χ4n) is 8.66. The van der Waals surface area contributed by atoms with Crippen molar-refractivity contribution in [1.29, 1.82) is 0 Å². The van der Waals surface area contributed by atoms with Gasteiger partial charge in [0.25, 0.3) is 0 Å². The number of rotatable bonds is 2. The van der Waals surface area contributed by atoms with Crippen LogP contribution in [0.25, 0.3) is 87.3 Å². The number of benzene rings is 8. The zero-order valence-electron chi connectivity index (χ0n) is 30.8. The third kappa shape index (κ3) is 4.90. The smallest absolute Gasteiger partial charge is 0.128 e. The first-order valence-electron chi connectivity index (χ1n) is 17.6. The van der Waals surface area contributed by atoms with Gasteiger partial charge in [0.1, 0.15) is 145 Å². The van der Waals surface area contributed by atoms with Crippen molar-refractivity contribution >= 4 is 291 Å². The summed E-state index contributed by atoms with van der Waals surface area (Å²) in [6.45, 7) is 0. The van der Waals surface area contributed by atoms with Gasteiger partial charge in [0, 0.05) is 10.8 Å². The van der Waals surface area contributed by atoms with Crippen LogP contribution in [0.5, 0.6) is 0 Å². The first kappa shape index (κ1) is 39.2. The maximum Gasteiger partial charge on any atom is 0.128 e. The average molecular weight is 687 g/mol. The molecule has 0 atom stereocenters. The number of fused-ring (bicyclic) bond motifs is 7. The molecule has 1 aromatic heterocycles. The molecule has 58 heavy (non-hydrogen) atoms. The Hall–Kier alpha value is -4.30. The van der Waals surface area contributed by atoms with Crippen LogP contribution in [0.2, 0.25) is 0 Å².